The third-order valence-electron chi connectivity index (χ3n) is 3.52. The van der Waals surface area contributed by atoms with Crippen LogP contribution in [0.15, 0.2) is 76.2 Å². The van der Waals surface area contributed by atoms with Crippen molar-refractivity contribution in [3.8, 4) is 0 Å². The average molecular weight is 387 g/mol. The number of nitro benzene ring substituents is 1. The zero-order chi connectivity index (χ0) is 19.4. The molecule has 0 aliphatic heterocycles. The van der Waals surface area contributed by atoms with Crippen LogP contribution in [-0.4, -0.2) is 19.2 Å². The summed E-state index contributed by atoms with van der Waals surface area (Å²) in [4.78, 5) is 22.0. The summed E-state index contributed by atoms with van der Waals surface area (Å²) in [7, 11) is -3.92. The molecule has 2 N–H and O–H groups in total. The highest BCUT2D eigenvalue weighted by molar-refractivity contribution is 7.92. The van der Waals surface area contributed by atoms with Crippen LogP contribution in [-0.2, 0) is 10.0 Å². The monoisotopic (exact) mass is 387 g/mol. The van der Waals surface area contributed by atoms with Crippen LogP contribution in [0.25, 0.3) is 0 Å². The molecule has 3 aromatic rings. The van der Waals surface area contributed by atoms with Crippen molar-refractivity contribution in [3.05, 3.63) is 82.6 Å². The van der Waals surface area contributed by atoms with Gasteiger partial charge in [-0.1, -0.05) is 0 Å². The number of carbonyl (C=O) groups excluding carboxylic acids is 1. The van der Waals surface area contributed by atoms with Gasteiger partial charge in [0.2, 0.25) is 0 Å². The van der Waals surface area contributed by atoms with E-state index in [0.29, 0.717) is 11.4 Å². The summed E-state index contributed by atoms with van der Waals surface area (Å²) in [6.07, 6.45) is 1.42. The molecule has 1 amide bonds. The summed E-state index contributed by atoms with van der Waals surface area (Å²) in [5.74, 6) is -0.113. The molecule has 0 spiro atoms. The fraction of sp³-hybridized carbons (Fsp3) is 0. The molecular formula is C17H13N3O6S. The molecule has 0 aliphatic carbocycles. The number of rotatable bonds is 6. The van der Waals surface area contributed by atoms with E-state index in [4.69, 9.17) is 4.42 Å². The van der Waals surface area contributed by atoms with E-state index in [9.17, 15) is 23.3 Å². The van der Waals surface area contributed by atoms with E-state index in [0.717, 1.165) is 24.3 Å². The molecule has 0 unspecified atom stereocenters. The normalized spacial score (nSPS) is 11.0. The molecule has 1 heterocycles. The van der Waals surface area contributed by atoms with Crippen LogP contribution in [0.1, 0.15) is 10.4 Å². The van der Waals surface area contributed by atoms with E-state index in [1.807, 2.05) is 0 Å². The molecular weight excluding hydrogens is 374 g/mol. The second kappa shape index (κ2) is 7.30. The second-order valence-corrected chi connectivity index (χ2v) is 7.05. The number of nitrogens with zero attached hydrogens (tertiary/aromatic N) is 1. The minimum atomic E-state index is -3.92. The first-order valence-electron chi connectivity index (χ1n) is 7.57. The van der Waals surface area contributed by atoms with Crippen molar-refractivity contribution < 1.29 is 22.6 Å². The number of furan rings is 1. The number of sulfonamides is 1. The first kappa shape index (κ1) is 18.1. The minimum Gasteiger partial charge on any atom is -0.449 e. The van der Waals surface area contributed by atoms with Crippen molar-refractivity contribution in [1.82, 2.24) is 0 Å². The fourth-order valence-corrected chi connectivity index (χ4v) is 3.24. The summed E-state index contributed by atoms with van der Waals surface area (Å²) >= 11 is 0. The van der Waals surface area contributed by atoms with E-state index in [2.05, 4.69) is 10.0 Å². The largest absolute Gasteiger partial charge is 0.449 e. The van der Waals surface area contributed by atoms with E-state index in [1.54, 1.807) is 12.1 Å². The third-order valence-corrected chi connectivity index (χ3v) is 4.91. The van der Waals surface area contributed by atoms with Gasteiger partial charge in [-0.25, -0.2) is 8.42 Å². The lowest BCUT2D eigenvalue weighted by molar-refractivity contribution is -0.384. The predicted octanol–water partition coefficient (Wildman–Crippen LogP) is 3.24. The maximum absolute atomic E-state index is 12.3. The third kappa shape index (κ3) is 4.30. The number of benzene rings is 2. The Labute approximate surface area is 153 Å². The SMILES string of the molecule is O=C(Nc1ccco1)c1ccc(NS(=O)(=O)c2ccc([N+](=O)[O-])cc2)cc1. The van der Waals surface area contributed by atoms with Gasteiger partial charge in [-0.2, -0.15) is 0 Å². The molecule has 0 bridgehead atoms. The van der Waals surface area contributed by atoms with Crippen molar-refractivity contribution in [2.45, 2.75) is 4.90 Å². The van der Waals surface area contributed by atoms with Crippen molar-refractivity contribution in [2.24, 2.45) is 0 Å². The molecule has 0 aliphatic rings. The molecule has 2 aromatic carbocycles. The van der Waals surface area contributed by atoms with Crippen LogP contribution in [0.3, 0.4) is 0 Å². The lowest BCUT2D eigenvalue weighted by Crippen LogP contribution is -2.14. The van der Waals surface area contributed by atoms with Gasteiger partial charge in [0.1, 0.15) is 0 Å². The van der Waals surface area contributed by atoms with Crippen molar-refractivity contribution >= 4 is 33.2 Å². The van der Waals surface area contributed by atoms with Crippen LogP contribution in [0.2, 0.25) is 0 Å². The first-order valence-corrected chi connectivity index (χ1v) is 9.06. The van der Waals surface area contributed by atoms with Crippen LogP contribution in [0.5, 0.6) is 0 Å². The predicted molar refractivity (Wildman–Crippen MR) is 97.0 cm³/mol. The van der Waals surface area contributed by atoms with Gasteiger partial charge in [-0.05, 0) is 42.5 Å². The fourth-order valence-electron chi connectivity index (χ4n) is 2.18. The molecule has 27 heavy (non-hydrogen) atoms. The molecule has 0 radical (unpaired) electrons. The van der Waals surface area contributed by atoms with Crippen molar-refractivity contribution in [3.63, 3.8) is 0 Å². The molecule has 0 fully saturated rings. The Morgan fingerprint density at radius 2 is 1.67 bits per heavy atom. The maximum Gasteiger partial charge on any atom is 0.269 e. The Kier molecular flexibility index (Phi) is 4.90. The number of non-ortho nitro benzene ring substituents is 1. The quantitative estimate of drug-likeness (QED) is 0.493. The Hall–Kier alpha value is -3.66. The number of nitro groups is 1. The number of hydrogen-bond donors (Lipinski definition) is 2. The highest BCUT2D eigenvalue weighted by atomic mass is 32.2. The van der Waals surface area contributed by atoms with Gasteiger partial charge >= 0.3 is 0 Å². The average Bonchev–Trinajstić information content (AvgIpc) is 3.15. The Bertz CT molecular complexity index is 1060. The van der Waals surface area contributed by atoms with Crippen LogP contribution in [0, 0.1) is 10.1 Å². The summed E-state index contributed by atoms with van der Waals surface area (Å²) in [6, 6.07) is 13.5. The van der Waals surface area contributed by atoms with Crippen LogP contribution >= 0.6 is 0 Å². The Balaban J connectivity index is 1.71. The van der Waals surface area contributed by atoms with Crippen LogP contribution < -0.4 is 10.0 Å². The first-order chi connectivity index (χ1) is 12.8. The molecule has 10 heteroatoms. The molecule has 9 nitrogen and oxygen atoms in total. The molecule has 138 valence electrons. The second-order valence-electron chi connectivity index (χ2n) is 5.37. The Morgan fingerprint density at radius 1 is 1.00 bits per heavy atom. The number of amides is 1. The van der Waals surface area contributed by atoms with Crippen molar-refractivity contribution in [2.75, 3.05) is 10.0 Å². The lowest BCUT2D eigenvalue weighted by atomic mass is 10.2. The number of anilines is 2. The minimum absolute atomic E-state index is 0.118. The van der Waals surface area contributed by atoms with Crippen LogP contribution in [0.4, 0.5) is 17.3 Å². The van der Waals surface area contributed by atoms with Gasteiger partial charge in [-0.15, -0.1) is 0 Å². The molecule has 1 aromatic heterocycles. The van der Waals surface area contributed by atoms with Crippen molar-refractivity contribution in [1.29, 1.82) is 0 Å². The zero-order valence-corrected chi connectivity index (χ0v) is 14.5. The Morgan fingerprint density at radius 3 is 2.22 bits per heavy atom. The molecule has 0 saturated heterocycles. The van der Waals surface area contributed by atoms with E-state index in [1.165, 1.54) is 30.5 Å². The van der Waals surface area contributed by atoms with E-state index >= 15 is 0 Å². The standard InChI is InChI=1S/C17H13N3O6S/c21-17(18-16-2-1-11-26-16)12-3-5-13(6-4-12)19-27(24,25)15-9-7-14(8-10-15)20(22)23/h1-11,19H,(H,18,21). The van der Waals surface area contributed by atoms with Gasteiger partial charge in [-0.3, -0.25) is 24.9 Å². The summed E-state index contributed by atoms with van der Waals surface area (Å²) in [6.45, 7) is 0. The molecule has 0 atom stereocenters. The van der Waals surface area contributed by atoms with Gasteiger partial charge in [0.05, 0.1) is 16.1 Å². The number of hydrogen-bond acceptors (Lipinski definition) is 6. The summed E-state index contributed by atoms with van der Waals surface area (Å²) in [5, 5.41) is 13.2. The lowest BCUT2D eigenvalue weighted by Gasteiger charge is -2.09. The van der Waals surface area contributed by atoms with E-state index in [-0.39, 0.29) is 16.3 Å². The number of carbonyl (C=O) groups is 1. The van der Waals surface area contributed by atoms with E-state index < -0.39 is 20.9 Å². The number of nitrogens with one attached hydrogen (secondary N) is 2. The van der Waals surface area contributed by atoms with Gasteiger partial charge in [0, 0.05) is 29.4 Å². The maximum atomic E-state index is 12.3. The molecule has 0 saturated carbocycles. The topological polar surface area (TPSA) is 132 Å². The summed E-state index contributed by atoms with van der Waals surface area (Å²) < 4.78 is 32.0. The van der Waals surface area contributed by atoms with Gasteiger partial charge in [0.15, 0.2) is 5.88 Å². The highest BCUT2D eigenvalue weighted by Crippen LogP contribution is 2.20. The highest BCUT2D eigenvalue weighted by Gasteiger charge is 2.16. The summed E-state index contributed by atoms with van der Waals surface area (Å²) in [5.41, 5.74) is 0.341. The smallest absolute Gasteiger partial charge is 0.269 e. The van der Waals surface area contributed by atoms with Gasteiger partial charge in [0.25, 0.3) is 21.6 Å². The van der Waals surface area contributed by atoms with Gasteiger partial charge < -0.3 is 4.42 Å². The zero-order valence-electron chi connectivity index (χ0n) is 13.7. The molecule has 3 rings (SSSR count).